The van der Waals surface area contributed by atoms with Gasteiger partial charge in [0.05, 0.1) is 25.2 Å². The number of hydrogen-bond acceptors (Lipinski definition) is 5. The van der Waals surface area contributed by atoms with Crippen LogP contribution in [-0.4, -0.2) is 43.3 Å². The first-order valence-electron chi connectivity index (χ1n) is 6.88. The average Bonchev–Trinajstić information content (AvgIpc) is 2.55. The number of para-hydroxylation sites is 2. The largest absolute Gasteiger partial charge is 0.495 e. The summed E-state index contributed by atoms with van der Waals surface area (Å²) in [4.78, 5) is 12.9. The van der Waals surface area contributed by atoms with Crippen LogP contribution in [0.3, 0.4) is 0 Å². The minimum absolute atomic E-state index is 0.430. The predicted octanol–water partition coefficient (Wildman–Crippen LogP) is 2.47. The molecule has 6 heteroatoms. The monoisotopic (exact) mass is 304 g/mol. The third-order valence-corrected chi connectivity index (χ3v) is 3.80. The van der Waals surface area contributed by atoms with Crippen molar-refractivity contribution < 1.29 is 4.74 Å². The second kappa shape index (κ2) is 6.18. The SMILES string of the molecule is COc1ccccc1N1CCN(c2cncc(Cl)n2)CC1. The molecule has 0 unspecified atom stereocenters. The van der Waals surface area contributed by atoms with Crippen molar-refractivity contribution in [2.24, 2.45) is 0 Å². The summed E-state index contributed by atoms with van der Waals surface area (Å²) in [5.41, 5.74) is 1.14. The van der Waals surface area contributed by atoms with Crippen LogP contribution in [0, 0.1) is 0 Å². The lowest BCUT2D eigenvalue weighted by molar-refractivity contribution is 0.413. The van der Waals surface area contributed by atoms with E-state index in [1.54, 1.807) is 19.5 Å². The summed E-state index contributed by atoms with van der Waals surface area (Å²) in [5, 5.41) is 0.430. The number of ether oxygens (including phenoxy) is 1. The molecule has 3 rings (SSSR count). The second-order valence-electron chi connectivity index (χ2n) is 4.85. The average molecular weight is 305 g/mol. The topological polar surface area (TPSA) is 41.5 Å². The smallest absolute Gasteiger partial charge is 0.149 e. The molecule has 0 bridgehead atoms. The second-order valence-corrected chi connectivity index (χ2v) is 5.23. The van der Waals surface area contributed by atoms with Gasteiger partial charge in [0.25, 0.3) is 0 Å². The Balaban J connectivity index is 1.70. The van der Waals surface area contributed by atoms with Gasteiger partial charge in [0.1, 0.15) is 16.7 Å². The molecule has 0 spiro atoms. The molecular formula is C15H17ClN4O. The van der Waals surface area contributed by atoms with Crippen LogP contribution in [0.4, 0.5) is 11.5 Å². The number of benzene rings is 1. The first-order chi connectivity index (χ1) is 10.3. The zero-order valence-electron chi connectivity index (χ0n) is 11.9. The van der Waals surface area contributed by atoms with Crippen molar-refractivity contribution in [3.05, 3.63) is 41.8 Å². The van der Waals surface area contributed by atoms with Gasteiger partial charge >= 0.3 is 0 Å². The van der Waals surface area contributed by atoms with Crippen LogP contribution < -0.4 is 14.5 Å². The molecule has 0 amide bonds. The number of piperazine rings is 1. The molecule has 0 aliphatic carbocycles. The maximum Gasteiger partial charge on any atom is 0.149 e. The zero-order valence-corrected chi connectivity index (χ0v) is 12.6. The Kier molecular flexibility index (Phi) is 4.10. The number of halogens is 1. The molecular weight excluding hydrogens is 288 g/mol. The number of rotatable bonds is 3. The van der Waals surface area contributed by atoms with E-state index < -0.39 is 0 Å². The summed E-state index contributed by atoms with van der Waals surface area (Å²) in [7, 11) is 1.71. The van der Waals surface area contributed by atoms with Gasteiger partial charge in [0.2, 0.25) is 0 Å². The predicted molar refractivity (Wildman–Crippen MR) is 84.5 cm³/mol. The third-order valence-electron chi connectivity index (χ3n) is 3.62. The standard InChI is InChI=1S/C15H17ClN4O/c1-21-13-5-3-2-4-12(13)19-6-8-20(9-7-19)15-11-17-10-14(16)18-15/h2-5,10-11H,6-9H2,1H3. The summed E-state index contributed by atoms with van der Waals surface area (Å²) in [6, 6.07) is 8.10. The molecule has 1 aromatic carbocycles. The molecule has 5 nitrogen and oxygen atoms in total. The Morgan fingerprint density at radius 1 is 1.05 bits per heavy atom. The molecule has 1 aromatic heterocycles. The highest BCUT2D eigenvalue weighted by atomic mass is 35.5. The van der Waals surface area contributed by atoms with Gasteiger partial charge in [-0.25, -0.2) is 4.98 Å². The van der Waals surface area contributed by atoms with Gasteiger partial charge in [-0.1, -0.05) is 23.7 Å². The Hall–Kier alpha value is -2.01. The Bertz CT molecular complexity index is 614. The Labute approximate surface area is 129 Å². The van der Waals surface area contributed by atoms with Gasteiger partial charge in [-0.3, -0.25) is 4.98 Å². The molecule has 0 radical (unpaired) electrons. The van der Waals surface area contributed by atoms with E-state index in [1.807, 2.05) is 18.2 Å². The minimum Gasteiger partial charge on any atom is -0.495 e. The van der Waals surface area contributed by atoms with Crippen LogP contribution >= 0.6 is 11.6 Å². The quantitative estimate of drug-likeness (QED) is 0.871. The fourth-order valence-corrected chi connectivity index (χ4v) is 2.70. The summed E-state index contributed by atoms with van der Waals surface area (Å²) >= 11 is 5.90. The lowest BCUT2D eigenvalue weighted by Gasteiger charge is -2.37. The summed E-state index contributed by atoms with van der Waals surface area (Å²) in [6.07, 6.45) is 3.31. The van der Waals surface area contributed by atoms with Crippen LogP contribution in [0.5, 0.6) is 5.75 Å². The van der Waals surface area contributed by atoms with E-state index in [0.717, 1.165) is 43.4 Å². The molecule has 110 valence electrons. The zero-order chi connectivity index (χ0) is 14.7. The van der Waals surface area contributed by atoms with E-state index in [9.17, 15) is 0 Å². The third kappa shape index (κ3) is 3.03. The van der Waals surface area contributed by atoms with Crippen molar-refractivity contribution in [3.8, 4) is 5.75 Å². The number of hydrogen-bond donors (Lipinski definition) is 0. The van der Waals surface area contributed by atoms with E-state index in [4.69, 9.17) is 16.3 Å². The van der Waals surface area contributed by atoms with Crippen LogP contribution in [0.15, 0.2) is 36.7 Å². The van der Waals surface area contributed by atoms with E-state index in [-0.39, 0.29) is 0 Å². The molecule has 21 heavy (non-hydrogen) atoms. The van der Waals surface area contributed by atoms with Crippen molar-refractivity contribution in [1.29, 1.82) is 0 Å². The first-order valence-corrected chi connectivity index (χ1v) is 7.26. The van der Waals surface area contributed by atoms with Gasteiger partial charge in [-0.2, -0.15) is 0 Å². The van der Waals surface area contributed by atoms with Gasteiger partial charge in [-0.15, -0.1) is 0 Å². The highest BCUT2D eigenvalue weighted by Crippen LogP contribution is 2.28. The van der Waals surface area contributed by atoms with E-state index in [2.05, 4.69) is 25.8 Å². The van der Waals surface area contributed by atoms with Crippen LogP contribution in [0.2, 0.25) is 5.15 Å². The van der Waals surface area contributed by atoms with Crippen molar-refractivity contribution in [2.45, 2.75) is 0 Å². The molecule has 0 saturated carbocycles. The number of anilines is 2. The van der Waals surface area contributed by atoms with Gasteiger partial charge in [0.15, 0.2) is 0 Å². The molecule has 0 N–H and O–H groups in total. The fraction of sp³-hybridized carbons (Fsp3) is 0.333. The van der Waals surface area contributed by atoms with Gasteiger partial charge in [-0.05, 0) is 12.1 Å². The number of methoxy groups -OCH3 is 1. The highest BCUT2D eigenvalue weighted by Gasteiger charge is 2.20. The summed E-state index contributed by atoms with van der Waals surface area (Å²) < 4.78 is 5.43. The molecule has 1 aliphatic rings. The van der Waals surface area contributed by atoms with E-state index >= 15 is 0 Å². The maximum atomic E-state index is 5.90. The van der Waals surface area contributed by atoms with Crippen LogP contribution in [-0.2, 0) is 0 Å². The summed E-state index contributed by atoms with van der Waals surface area (Å²) in [5.74, 6) is 1.75. The normalized spacial score (nSPS) is 15.1. The number of aromatic nitrogens is 2. The van der Waals surface area contributed by atoms with Crippen LogP contribution in [0.1, 0.15) is 0 Å². The molecule has 1 aliphatic heterocycles. The van der Waals surface area contributed by atoms with Crippen LogP contribution in [0.25, 0.3) is 0 Å². The molecule has 2 aromatic rings. The van der Waals surface area contributed by atoms with E-state index in [1.165, 1.54) is 0 Å². The molecule has 1 fully saturated rings. The Morgan fingerprint density at radius 2 is 1.76 bits per heavy atom. The number of nitrogens with zero attached hydrogens (tertiary/aromatic N) is 4. The lowest BCUT2D eigenvalue weighted by atomic mass is 10.2. The Morgan fingerprint density at radius 3 is 2.48 bits per heavy atom. The molecule has 1 saturated heterocycles. The minimum atomic E-state index is 0.430. The first kappa shape index (κ1) is 13.9. The van der Waals surface area contributed by atoms with Crippen molar-refractivity contribution in [3.63, 3.8) is 0 Å². The fourth-order valence-electron chi connectivity index (χ4n) is 2.55. The van der Waals surface area contributed by atoms with Gasteiger partial charge < -0.3 is 14.5 Å². The molecule has 0 atom stereocenters. The maximum absolute atomic E-state index is 5.90. The van der Waals surface area contributed by atoms with E-state index in [0.29, 0.717) is 5.15 Å². The summed E-state index contributed by atoms with van der Waals surface area (Å²) in [6.45, 7) is 3.59. The van der Waals surface area contributed by atoms with Crippen molar-refractivity contribution >= 4 is 23.1 Å². The van der Waals surface area contributed by atoms with Crippen molar-refractivity contribution in [1.82, 2.24) is 9.97 Å². The highest BCUT2D eigenvalue weighted by molar-refractivity contribution is 6.29. The lowest BCUT2D eigenvalue weighted by Crippen LogP contribution is -2.47. The van der Waals surface area contributed by atoms with Gasteiger partial charge in [0, 0.05) is 26.2 Å². The van der Waals surface area contributed by atoms with Crippen molar-refractivity contribution in [2.75, 3.05) is 43.1 Å². The molecule has 2 heterocycles.